The number of carbonyl (C=O) groups is 4. The Morgan fingerprint density at radius 3 is 2.26 bits per heavy atom. The minimum Gasteiger partial charge on any atom is -0.462 e. The van der Waals surface area contributed by atoms with Crippen LogP contribution in [0.3, 0.4) is 0 Å². The largest absolute Gasteiger partial charge is 0.462 e. The molecule has 1 aliphatic rings. The third-order valence-corrected chi connectivity index (χ3v) is 3.91. The number of hydrogen-bond acceptors (Lipinski definition) is 5. The predicted molar refractivity (Wildman–Crippen MR) is 97.8 cm³/mol. The Hall–Kier alpha value is -3.74. The zero-order valence-electron chi connectivity index (χ0n) is 14.5. The SMILES string of the molecule is CCOC(=O)c1ccc(N2NC(=O)/C(=C/c3ccc(C=O)cc3)C2=O)cc1. The van der Waals surface area contributed by atoms with Crippen molar-refractivity contribution in [2.24, 2.45) is 0 Å². The van der Waals surface area contributed by atoms with Crippen LogP contribution in [-0.4, -0.2) is 30.7 Å². The van der Waals surface area contributed by atoms with Crippen LogP contribution in [0.4, 0.5) is 5.69 Å². The molecule has 7 nitrogen and oxygen atoms in total. The van der Waals surface area contributed by atoms with Crippen molar-refractivity contribution < 1.29 is 23.9 Å². The second-order valence-corrected chi connectivity index (χ2v) is 5.69. The minimum atomic E-state index is -0.533. The lowest BCUT2D eigenvalue weighted by atomic mass is 10.1. The Morgan fingerprint density at radius 2 is 1.67 bits per heavy atom. The van der Waals surface area contributed by atoms with Crippen molar-refractivity contribution in [3.8, 4) is 0 Å². The molecule has 0 spiro atoms. The number of ether oxygens (including phenoxy) is 1. The van der Waals surface area contributed by atoms with E-state index in [1.54, 1.807) is 43.3 Å². The number of nitrogens with one attached hydrogen (secondary N) is 1. The summed E-state index contributed by atoms with van der Waals surface area (Å²) in [6.45, 7) is 1.98. The van der Waals surface area contributed by atoms with E-state index in [-0.39, 0.29) is 12.2 Å². The van der Waals surface area contributed by atoms with Gasteiger partial charge in [-0.1, -0.05) is 24.3 Å². The number of hydrazine groups is 1. The van der Waals surface area contributed by atoms with Crippen LogP contribution in [-0.2, 0) is 14.3 Å². The van der Waals surface area contributed by atoms with Crippen LogP contribution in [0.15, 0.2) is 54.1 Å². The van der Waals surface area contributed by atoms with E-state index in [0.717, 1.165) is 5.01 Å². The van der Waals surface area contributed by atoms with Crippen LogP contribution in [0.2, 0.25) is 0 Å². The van der Waals surface area contributed by atoms with Gasteiger partial charge in [-0.15, -0.1) is 0 Å². The molecule has 0 radical (unpaired) electrons. The minimum absolute atomic E-state index is 0.0247. The van der Waals surface area contributed by atoms with E-state index < -0.39 is 17.8 Å². The van der Waals surface area contributed by atoms with Gasteiger partial charge in [0, 0.05) is 5.56 Å². The molecular weight excluding hydrogens is 348 g/mol. The summed E-state index contributed by atoms with van der Waals surface area (Å²) in [4.78, 5) is 47.2. The Bertz CT molecular complexity index is 930. The summed E-state index contributed by atoms with van der Waals surface area (Å²) >= 11 is 0. The molecular formula is C20H16N2O5. The van der Waals surface area contributed by atoms with E-state index in [4.69, 9.17) is 4.74 Å². The fourth-order valence-corrected chi connectivity index (χ4v) is 2.54. The molecule has 1 saturated heterocycles. The van der Waals surface area contributed by atoms with Crippen LogP contribution in [0.5, 0.6) is 0 Å². The van der Waals surface area contributed by atoms with E-state index in [1.807, 2.05) is 0 Å². The van der Waals surface area contributed by atoms with Crippen molar-refractivity contribution in [3.63, 3.8) is 0 Å². The van der Waals surface area contributed by atoms with Gasteiger partial charge in [-0.2, -0.15) is 0 Å². The van der Waals surface area contributed by atoms with Crippen molar-refractivity contribution >= 4 is 35.8 Å². The number of carbonyl (C=O) groups excluding carboxylic acids is 4. The van der Waals surface area contributed by atoms with Crippen molar-refractivity contribution in [1.29, 1.82) is 0 Å². The molecule has 1 heterocycles. The van der Waals surface area contributed by atoms with Crippen LogP contribution < -0.4 is 10.4 Å². The lowest BCUT2D eigenvalue weighted by Gasteiger charge is -2.14. The summed E-state index contributed by atoms with van der Waals surface area (Å²) in [5.74, 6) is -1.50. The first-order chi connectivity index (χ1) is 13.0. The summed E-state index contributed by atoms with van der Waals surface area (Å²) in [5.41, 5.74) is 4.36. The second kappa shape index (κ2) is 7.65. The second-order valence-electron chi connectivity index (χ2n) is 5.69. The molecule has 1 fully saturated rings. The highest BCUT2D eigenvalue weighted by atomic mass is 16.5. The average Bonchev–Trinajstić information content (AvgIpc) is 2.97. The zero-order chi connectivity index (χ0) is 19.4. The first kappa shape index (κ1) is 18.1. The number of benzene rings is 2. The average molecular weight is 364 g/mol. The quantitative estimate of drug-likeness (QED) is 0.380. The van der Waals surface area contributed by atoms with Gasteiger partial charge >= 0.3 is 5.97 Å². The summed E-state index contributed by atoms with van der Waals surface area (Å²) in [6, 6.07) is 12.6. The molecule has 3 rings (SSSR count). The van der Waals surface area contributed by atoms with Crippen molar-refractivity contribution in [2.45, 2.75) is 6.92 Å². The number of amides is 2. The molecule has 0 aliphatic carbocycles. The normalized spacial score (nSPS) is 15.0. The van der Waals surface area contributed by atoms with Gasteiger partial charge in [0.2, 0.25) is 0 Å². The maximum Gasteiger partial charge on any atom is 0.338 e. The molecule has 2 aromatic carbocycles. The highest BCUT2D eigenvalue weighted by molar-refractivity contribution is 6.31. The van der Waals surface area contributed by atoms with Crippen molar-refractivity contribution in [1.82, 2.24) is 5.43 Å². The van der Waals surface area contributed by atoms with Gasteiger partial charge in [0.1, 0.15) is 11.9 Å². The number of rotatable bonds is 5. The Morgan fingerprint density at radius 1 is 1.04 bits per heavy atom. The van der Waals surface area contributed by atoms with Gasteiger partial charge in [0.05, 0.1) is 17.9 Å². The van der Waals surface area contributed by atoms with Crippen LogP contribution in [0.25, 0.3) is 6.08 Å². The molecule has 7 heteroatoms. The first-order valence-electron chi connectivity index (χ1n) is 8.23. The Balaban J connectivity index is 1.82. The standard InChI is InChI=1S/C20H16N2O5/c1-2-27-20(26)15-7-9-16(10-8-15)22-19(25)17(18(24)21-22)11-13-3-5-14(12-23)6-4-13/h3-12H,2H2,1H3,(H,21,24)/b17-11-. The highest BCUT2D eigenvalue weighted by Crippen LogP contribution is 2.22. The van der Waals surface area contributed by atoms with Gasteiger partial charge in [-0.3, -0.25) is 19.8 Å². The van der Waals surface area contributed by atoms with Gasteiger partial charge in [-0.25, -0.2) is 9.80 Å². The third kappa shape index (κ3) is 3.77. The molecule has 1 N–H and O–H groups in total. The molecule has 2 aromatic rings. The van der Waals surface area contributed by atoms with Crippen LogP contribution in [0, 0.1) is 0 Å². The molecule has 27 heavy (non-hydrogen) atoms. The van der Waals surface area contributed by atoms with Crippen molar-refractivity contribution in [3.05, 3.63) is 70.8 Å². The van der Waals surface area contributed by atoms with E-state index >= 15 is 0 Å². The number of aldehydes is 1. The molecule has 0 bridgehead atoms. The molecule has 0 unspecified atom stereocenters. The van der Waals surface area contributed by atoms with Crippen molar-refractivity contribution in [2.75, 3.05) is 11.6 Å². The fourth-order valence-electron chi connectivity index (χ4n) is 2.54. The van der Waals surface area contributed by atoms with Crippen LogP contribution in [0.1, 0.15) is 33.2 Å². The summed E-state index contributed by atoms with van der Waals surface area (Å²) < 4.78 is 4.91. The molecule has 0 atom stereocenters. The van der Waals surface area contributed by atoms with Gasteiger partial charge < -0.3 is 4.74 Å². The predicted octanol–water partition coefficient (Wildman–Crippen LogP) is 2.14. The first-order valence-corrected chi connectivity index (χ1v) is 8.23. The number of esters is 1. The van der Waals surface area contributed by atoms with Crippen LogP contribution >= 0.6 is 0 Å². The fraction of sp³-hybridized carbons (Fsp3) is 0.100. The van der Waals surface area contributed by atoms with Gasteiger partial charge in [-0.05, 0) is 42.8 Å². The summed E-state index contributed by atoms with van der Waals surface area (Å²) in [6.07, 6.45) is 2.17. The maximum atomic E-state index is 12.6. The molecule has 2 amide bonds. The van der Waals surface area contributed by atoms with E-state index in [0.29, 0.717) is 28.7 Å². The highest BCUT2D eigenvalue weighted by Gasteiger charge is 2.34. The lowest BCUT2D eigenvalue weighted by molar-refractivity contribution is -0.117. The van der Waals surface area contributed by atoms with E-state index in [1.165, 1.54) is 18.2 Å². The summed E-state index contributed by atoms with van der Waals surface area (Å²) in [5, 5.41) is 1.11. The molecule has 1 aliphatic heterocycles. The summed E-state index contributed by atoms with van der Waals surface area (Å²) in [7, 11) is 0. The lowest BCUT2D eigenvalue weighted by Crippen LogP contribution is -2.35. The van der Waals surface area contributed by atoms with Gasteiger partial charge in [0.25, 0.3) is 11.8 Å². The number of hydrogen-bond donors (Lipinski definition) is 1. The monoisotopic (exact) mass is 364 g/mol. The molecule has 0 aromatic heterocycles. The van der Waals surface area contributed by atoms with E-state index in [2.05, 4.69) is 5.43 Å². The number of nitrogens with zero attached hydrogens (tertiary/aromatic N) is 1. The topological polar surface area (TPSA) is 92.8 Å². The maximum absolute atomic E-state index is 12.6. The number of anilines is 1. The third-order valence-electron chi connectivity index (χ3n) is 3.91. The molecule has 0 saturated carbocycles. The molecule has 136 valence electrons. The van der Waals surface area contributed by atoms with Gasteiger partial charge in [0.15, 0.2) is 0 Å². The zero-order valence-corrected chi connectivity index (χ0v) is 14.5. The Labute approximate surface area is 155 Å². The smallest absolute Gasteiger partial charge is 0.338 e. The van der Waals surface area contributed by atoms with E-state index in [9.17, 15) is 19.2 Å². The Kier molecular flexibility index (Phi) is 5.12.